The summed E-state index contributed by atoms with van der Waals surface area (Å²) in [4.78, 5) is 24.3. The number of carbonyl (C=O) groups is 2. The lowest BCUT2D eigenvalue weighted by Gasteiger charge is -2.31. The van der Waals surface area contributed by atoms with Crippen molar-refractivity contribution >= 4 is 28.4 Å². The highest BCUT2D eigenvalue weighted by atomic mass is 32.1. The maximum atomic E-state index is 10.6. The summed E-state index contributed by atoms with van der Waals surface area (Å²) in [7, 11) is 0. The molecule has 2 aromatic rings. The van der Waals surface area contributed by atoms with Crippen LogP contribution in [0.1, 0.15) is 17.8 Å². The second-order valence-corrected chi connectivity index (χ2v) is 8.39. The van der Waals surface area contributed by atoms with Gasteiger partial charge in [-0.2, -0.15) is 26.3 Å². The van der Waals surface area contributed by atoms with E-state index in [2.05, 4.69) is 20.1 Å². The first-order valence-electron chi connectivity index (χ1n) is 10.1. The Kier molecular flexibility index (Phi) is 9.80. The molecular weight excluding hydrogens is 526 g/mol. The molecule has 0 saturated carbocycles. The molecule has 3 atom stereocenters. The van der Waals surface area contributed by atoms with Gasteiger partial charge in [0.25, 0.3) is 0 Å². The molecule has 2 aliphatic heterocycles. The monoisotopic (exact) mass is 546 g/mol. The third-order valence-corrected chi connectivity index (χ3v) is 5.51. The van der Waals surface area contributed by atoms with Gasteiger partial charge in [-0.05, 0) is 25.8 Å². The highest BCUT2D eigenvalue weighted by Crippen LogP contribution is 2.35. The Morgan fingerprint density at radius 1 is 1.11 bits per heavy atom. The molecule has 2 aromatic heterocycles. The summed E-state index contributed by atoms with van der Waals surface area (Å²) in [5.41, 5.74) is 0. The third-order valence-electron chi connectivity index (χ3n) is 4.63. The predicted molar refractivity (Wildman–Crippen MR) is 111 cm³/mol. The smallest absolute Gasteiger partial charge is 0.475 e. The normalized spacial score (nSPS) is 21.3. The quantitative estimate of drug-likeness (QED) is 0.552. The van der Waals surface area contributed by atoms with Gasteiger partial charge in [0, 0.05) is 18.9 Å². The van der Waals surface area contributed by atoms with E-state index in [9.17, 15) is 26.3 Å². The molecule has 36 heavy (non-hydrogen) atoms. The van der Waals surface area contributed by atoms with Crippen molar-refractivity contribution in [1.29, 1.82) is 0 Å². The van der Waals surface area contributed by atoms with Crippen LogP contribution >= 0.6 is 11.3 Å². The van der Waals surface area contributed by atoms with E-state index in [-0.39, 0.29) is 12.2 Å². The number of ether oxygens (including phenoxy) is 2. The summed E-state index contributed by atoms with van der Waals surface area (Å²) in [5, 5.41) is 24.6. The van der Waals surface area contributed by atoms with Gasteiger partial charge in [0.15, 0.2) is 0 Å². The zero-order valence-electron chi connectivity index (χ0n) is 18.4. The molecule has 0 radical (unpaired) electrons. The van der Waals surface area contributed by atoms with Crippen LogP contribution in [0, 0.1) is 6.92 Å². The van der Waals surface area contributed by atoms with Gasteiger partial charge >= 0.3 is 24.3 Å². The van der Waals surface area contributed by atoms with Crippen molar-refractivity contribution in [3.63, 3.8) is 0 Å². The van der Waals surface area contributed by atoms with Gasteiger partial charge in [-0.3, -0.25) is 0 Å². The summed E-state index contributed by atoms with van der Waals surface area (Å²) < 4.78 is 75.6. The Hall–Kier alpha value is -3.21. The number of carboxylic acid groups (broad SMARTS) is 2. The topological polar surface area (TPSA) is 135 Å². The van der Waals surface area contributed by atoms with Gasteiger partial charge < -0.3 is 24.6 Å². The van der Waals surface area contributed by atoms with E-state index in [1.807, 2.05) is 25.1 Å². The fourth-order valence-electron chi connectivity index (χ4n) is 3.21. The Morgan fingerprint density at radius 2 is 1.72 bits per heavy atom. The summed E-state index contributed by atoms with van der Waals surface area (Å²) in [5.74, 6) is -4.87. The lowest BCUT2D eigenvalue weighted by Crippen LogP contribution is -2.42. The van der Waals surface area contributed by atoms with E-state index < -0.39 is 24.3 Å². The molecule has 10 nitrogen and oxygen atoms in total. The van der Waals surface area contributed by atoms with Crippen molar-refractivity contribution < 1.29 is 55.6 Å². The average Bonchev–Trinajstić information content (AvgIpc) is 3.38. The maximum Gasteiger partial charge on any atom is 0.490 e. The highest BCUT2D eigenvalue weighted by molar-refractivity contribution is 7.15. The van der Waals surface area contributed by atoms with Crippen molar-refractivity contribution in [2.75, 3.05) is 18.1 Å². The minimum absolute atomic E-state index is 0.0237. The molecule has 0 bridgehead atoms. The van der Waals surface area contributed by atoms with Gasteiger partial charge in [0.05, 0.1) is 12.6 Å². The highest BCUT2D eigenvalue weighted by Gasteiger charge is 2.46. The van der Waals surface area contributed by atoms with Gasteiger partial charge in [0.1, 0.15) is 17.2 Å². The zero-order chi connectivity index (χ0) is 27.1. The van der Waals surface area contributed by atoms with E-state index in [0.29, 0.717) is 11.9 Å². The van der Waals surface area contributed by atoms with Crippen LogP contribution in [0.2, 0.25) is 0 Å². The fraction of sp³-hybridized carbons (Fsp3) is 0.526. The van der Waals surface area contributed by atoms with Gasteiger partial charge in [0.2, 0.25) is 11.0 Å². The van der Waals surface area contributed by atoms with Crippen LogP contribution in [0.25, 0.3) is 0 Å². The van der Waals surface area contributed by atoms with Crippen molar-refractivity contribution in [2.45, 2.75) is 50.4 Å². The van der Waals surface area contributed by atoms with Gasteiger partial charge in [-0.25, -0.2) is 14.6 Å². The number of rotatable bonds is 3. The molecule has 0 aliphatic carbocycles. The van der Waals surface area contributed by atoms with Crippen LogP contribution in [0.15, 0.2) is 24.4 Å². The van der Waals surface area contributed by atoms with E-state index in [1.165, 1.54) is 0 Å². The first-order chi connectivity index (χ1) is 16.7. The summed E-state index contributed by atoms with van der Waals surface area (Å²) in [6.45, 7) is 3.54. The SMILES string of the molecule is Cc1nnc(N2C[C@H](Oc3ccccn3)[C@H]3OCCC[C@H]32)s1.O=C(O)C(F)(F)F.O=C(O)C(F)(F)F. The van der Waals surface area contributed by atoms with E-state index in [0.717, 1.165) is 36.1 Å². The Bertz CT molecular complexity index is 982. The number of carboxylic acids is 2. The molecular formula is C19H20F6N4O6S. The number of hydrogen-bond donors (Lipinski definition) is 2. The van der Waals surface area contributed by atoms with E-state index in [4.69, 9.17) is 29.3 Å². The molecule has 0 spiro atoms. The Labute approximate surface area is 203 Å². The predicted octanol–water partition coefficient (Wildman–Crippen LogP) is 3.32. The number of halogens is 6. The van der Waals surface area contributed by atoms with Crippen LogP contribution in [0.5, 0.6) is 5.88 Å². The summed E-state index contributed by atoms with van der Waals surface area (Å²) >= 11 is 1.63. The van der Waals surface area contributed by atoms with Crippen LogP contribution in [-0.4, -0.2) is 81.1 Å². The molecule has 4 rings (SSSR count). The molecule has 17 heteroatoms. The number of aromatic nitrogens is 3. The number of aliphatic carboxylic acids is 2. The molecule has 2 saturated heterocycles. The van der Waals surface area contributed by atoms with Crippen molar-refractivity contribution in [3.05, 3.63) is 29.4 Å². The second kappa shape index (κ2) is 12.2. The number of aryl methyl sites for hydroxylation is 1. The zero-order valence-corrected chi connectivity index (χ0v) is 19.2. The summed E-state index contributed by atoms with van der Waals surface area (Å²) in [6.07, 6.45) is -6.20. The lowest BCUT2D eigenvalue weighted by atomic mass is 10.0. The second-order valence-electron chi connectivity index (χ2n) is 7.23. The van der Waals surface area contributed by atoms with E-state index >= 15 is 0 Å². The minimum Gasteiger partial charge on any atom is -0.475 e. The minimum atomic E-state index is -5.08. The molecule has 0 amide bonds. The molecule has 2 N–H and O–H groups in total. The van der Waals surface area contributed by atoms with Crippen LogP contribution in [0.3, 0.4) is 0 Å². The first-order valence-corrected chi connectivity index (χ1v) is 10.9. The number of alkyl halides is 6. The molecule has 200 valence electrons. The van der Waals surface area contributed by atoms with Crippen molar-refractivity contribution in [1.82, 2.24) is 15.2 Å². The van der Waals surface area contributed by atoms with Crippen molar-refractivity contribution in [3.8, 4) is 5.88 Å². The standard InChI is InChI=1S/C15H18N4O2S.2C2HF3O2/c1-10-17-18-15(22-10)19-9-12(14-11(19)5-4-8-20-14)21-13-6-2-3-7-16-13;2*3-2(4,5)1(6)7/h2-3,6-7,11-12,14H,4-5,8-9H2,1H3;2*(H,6,7)/t11-,12+,14+;;/m1../s1. The number of pyridine rings is 1. The molecule has 0 aromatic carbocycles. The molecule has 2 fully saturated rings. The van der Waals surface area contributed by atoms with Gasteiger partial charge in [-0.1, -0.05) is 17.4 Å². The van der Waals surface area contributed by atoms with Crippen molar-refractivity contribution in [2.24, 2.45) is 0 Å². The maximum absolute atomic E-state index is 10.6. The Morgan fingerprint density at radius 3 is 2.19 bits per heavy atom. The largest absolute Gasteiger partial charge is 0.490 e. The average molecular weight is 546 g/mol. The number of fused-ring (bicyclic) bond motifs is 1. The number of hydrogen-bond acceptors (Lipinski definition) is 9. The molecule has 2 aliphatic rings. The molecule has 4 heterocycles. The fourth-order valence-corrected chi connectivity index (χ4v) is 3.96. The van der Waals surface area contributed by atoms with Gasteiger partial charge in [-0.15, -0.1) is 10.2 Å². The number of anilines is 1. The van der Waals surface area contributed by atoms with Crippen LogP contribution < -0.4 is 9.64 Å². The molecule has 0 unspecified atom stereocenters. The third kappa shape index (κ3) is 8.47. The lowest BCUT2D eigenvalue weighted by molar-refractivity contribution is -0.193. The van der Waals surface area contributed by atoms with E-state index in [1.54, 1.807) is 17.5 Å². The number of nitrogens with zero attached hydrogens (tertiary/aromatic N) is 4. The summed E-state index contributed by atoms with van der Waals surface area (Å²) in [6, 6.07) is 6.02. The Balaban J connectivity index is 0.000000271. The first kappa shape index (κ1) is 29.0. The van der Waals surface area contributed by atoms with Crippen LogP contribution in [0.4, 0.5) is 31.5 Å². The van der Waals surface area contributed by atoms with Crippen LogP contribution in [-0.2, 0) is 14.3 Å².